The Balaban J connectivity index is 1.69. The molecule has 1 aliphatic rings. The van der Waals surface area contributed by atoms with Gasteiger partial charge in [0.25, 0.3) is 5.91 Å². The van der Waals surface area contributed by atoms with Crippen LogP contribution in [0.25, 0.3) is 0 Å². The zero-order valence-electron chi connectivity index (χ0n) is 10.6. The minimum atomic E-state index is -0.318. The summed E-state index contributed by atoms with van der Waals surface area (Å²) >= 11 is 0. The normalized spacial score (nSPS) is 17.8. The lowest BCUT2D eigenvalue weighted by molar-refractivity contribution is 0.0939. The van der Waals surface area contributed by atoms with Gasteiger partial charge in [0.05, 0.1) is 0 Å². The summed E-state index contributed by atoms with van der Waals surface area (Å²) in [4.78, 5) is 14.0. The molecule has 1 fully saturated rings. The topological polar surface area (TPSA) is 97.3 Å². The number of amides is 1. The SMILES string of the molecule is CN1CCC(CCNC(=O)c2nonc2N)CC1. The molecule has 0 spiro atoms. The molecule has 0 saturated carbocycles. The van der Waals surface area contributed by atoms with Gasteiger partial charge in [0.2, 0.25) is 11.5 Å². The Hall–Kier alpha value is -1.63. The summed E-state index contributed by atoms with van der Waals surface area (Å²) in [7, 11) is 2.14. The maximum atomic E-state index is 11.7. The van der Waals surface area contributed by atoms with Crippen LogP contribution in [-0.4, -0.2) is 47.8 Å². The van der Waals surface area contributed by atoms with Gasteiger partial charge < -0.3 is 16.0 Å². The van der Waals surface area contributed by atoms with E-state index in [-0.39, 0.29) is 17.4 Å². The molecule has 0 atom stereocenters. The maximum Gasteiger partial charge on any atom is 0.277 e. The summed E-state index contributed by atoms with van der Waals surface area (Å²) in [5.74, 6) is 0.405. The summed E-state index contributed by atoms with van der Waals surface area (Å²) in [6.07, 6.45) is 3.38. The minimum Gasteiger partial charge on any atom is -0.379 e. The van der Waals surface area contributed by atoms with Gasteiger partial charge in [0, 0.05) is 6.54 Å². The molecule has 0 unspecified atom stereocenters. The first kappa shape index (κ1) is 12.8. The van der Waals surface area contributed by atoms with E-state index in [4.69, 9.17) is 5.73 Å². The van der Waals surface area contributed by atoms with Gasteiger partial charge in [-0.05, 0) is 55.6 Å². The molecular weight excluding hydrogens is 234 g/mol. The van der Waals surface area contributed by atoms with Gasteiger partial charge in [0.15, 0.2) is 0 Å². The van der Waals surface area contributed by atoms with Crippen LogP contribution in [0.4, 0.5) is 5.82 Å². The van der Waals surface area contributed by atoms with E-state index in [0.717, 1.165) is 19.5 Å². The highest BCUT2D eigenvalue weighted by Crippen LogP contribution is 2.18. The molecule has 0 aromatic carbocycles. The Morgan fingerprint density at radius 1 is 1.50 bits per heavy atom. The quantitative estimate of drug-likeness (QED) is 0.790. The lowest BCUT2D eigenvalue weighted by Gasteiger charge is -2.28. The molecule has 0 bridgehead atoms. The second-order valence-electron chi connectivity index (χ2n) is 4.79. The standard InChI is InChI=1S/C11H19N5O2/c1-16-6-3-8(4-7-16)2-5-13-11(17)9-10(12)15-18-14-9/h8H,2-7H2,1H3,(H2,12,15)(H,13,17). The first-order valence-electron chi connectivity index (χ1n) is 6.21. The van der Waals surface area contributed by atoms with Crippen LogP contribution in [0.1, 0.15) is 29.8 Å². The van der Waals surface area contributed by atoms with Crippen molar-refractivity contribution in [2.24, 2.45) is 5.92 Å². The number of hydrogen-bond donors (Lipinski definition) is 2. The zero-order chi connectivity index (χ0) is 13.0. The fourth-order valence-electron chi connectivity index (χ4n) is 2.18. The number of carbonyl (C=O) groups is 1. The third-order valence-electron chi connectivity index (χ3n) is 3.41. The summed E-state index contributed by atoms with van der Waals surface area (Å²) in [6, 6.07) is 0. The smallest absolute Gasteiger partial charge is 0.277 e. The van der Waals surface area contributed by atoms with Gasteiger partial charge in [-0.2, -0.15) is 0 Å². The van der Waals surface area contributed by atoms with Gasteiger partial charge in [-0.25, -0.2) is 4.63 Å². The van der Waals surface area contributed by atoms with Gasteiger partial charge >= 0.3 is 0 Å². The van der Waals surface area contributed by atoms with Crippen molar-refractivity contribution in [3.05, 3.63) is 5.69 Å². The number of nitrogens with two attached hydrogens (primary N) is 1. The minimum absolute atomic E-state index is 0.0341. The lowest BCUT2D eigenvalue weighted by Crippen LogP contribution is -2.33. The van der Waals surface area contributed by atoms with Crippen LogP contribution in [0, 0.1) is 5.92 Å². The van der Waals surface area contributed by atoms with Gasteiger partial charge in [-0.15, -0.1) is 0 Å². The van der Waals surface area contributed by atoms with Crippen LogP contribution in [0.5, 0.6) is 0 Å². The first-order chi connectivity index (χ1) is 8.66. The number of likely N-dealkylation sites (tertiary alicyclic amines) is 1. The van der Waals surface area contributed by atoms with Crippen molar-refractivity contribution in [2.75, 3.05) is 32.4 Å². The molecule has 0 aliphatic carbocycles. The average molecular weight is 253 g/mol. The van der Waals surface area contributed by atoms with E-state index < -0.39 is 0 Å². The number of nitrogen functional groups attached to an aromatic ring is 1. The molecule has 7 heteroatoms. The van der Waals surface area contributed by atoms with Crippen LogP contribution in [0.3, 0.4) is 0 Å². The summed E-state index contributed by atoms with van der Waals surface area (Å²) < 4.78 is 4.38. The molecule has 2 heterocycles. The van der Waals surface area contributed by atoms with Crippen LogP contribution < -0.4 is 11.1 Å². The molecule has 1 aromatic heterocycles. The van der Waals surface area contributed by atoms with E-state index in [1.165, 1.54) is 12.8 Å². The average Bonchev–Trinajstić information content (AvgIpc) is 2.78. The third kappa shape index (κ3) is 3.19. The summed E-state index contributed by atoms with van der Waals surface area (Å²) in [5, 5.41) is 9.62. The van der Waals surface area contributed by atoms with Crippen molar-refractivity contribution in [1.82, 2.24) is 20.5 Å². The van der Waals surface area contributed by atoms with Crippen LogP contribution in [-0.2, 0) is 0 Å². The van der Waals surface area contributed by atoms with Gasteiger partial charge in [0.1, 0.15) is 0 Å². The molecule has 3 N–H and O–H groups in total. The van der Waals surface area contributed by atoms with Crippen molar-refractivity contribution in [3.63, 3.8) is 0 Å². The highest BCUT2D eigenvalue weighted by atomic mass is 16.6. The molecular formula is C11H19N5O2. The Kier molecular flexibility index (Phi) is 4.14. The third-order valence-corrected chi connectivity index (χ3v) is 3.41. The van der Waals surface area contributed by atoms with E-state index in [1.807, 2.05) is 0 Å². The van der Waals surface area contributed by atoms with Crippen molar-refractivity contribution < 1.29 is 9.42 Å². The summed E-state index contributed by atoms with van der Waals surface area (Å²) in [6.45, 7) is 2.91. The Morgan fingerprint density at radius 2 is 2.22 bits per heavy atom. The van der Waals surface area contributed by atoms with Crippen LogP contribution in [0.15, 0.2) is 4.63 Å². The zero-order valence-corrected chi connectivity index (χ0v) is 10.6. The predicted octanol–water partition coefficient (Wildman–Crippen LogP) is 0.114. The lowest BCUT2D eigenvalue weighted by atomic mass is 9.94. The predicted molar refractivity (Wildman–Crippen MR) is 65.9 cm³/mol. The van der Waals surface area contributed by atoms with Crippen molar-refractivity contribution in [1.29, 1.82) is 0 Å². The number of piperidine rings is 1. The highest BCUT2D eigenvalue weighted by molar-refractivity contribution is 5.95. The number of rotatable bonds is 4. The molecule has 18 heavy (non-hydrogen) atoms. The molecule has 2 rings (SSSR count). The van der Waals surface area contributed by atoms with Crippen LogP contribution in [0.2, 0.25) is 0 Å². The second kappa shape index (κ2) is 5.81. The molecule has 7 nitrogen and oxygen atoms in total. The molecule has 100 valence electrons. The van der Waals surface area contributed by atoms with E-state index >= 15 is 0 Å². The fourth-order valence-corrected chi connectivity index (χ4v) is 2.18. The highest BCUT2D eigenvalue weighted by Gasteiger charge is 2.18. The summed E-state index contributed by atoms with van der Waals surface area (Å²) in [5.41, 5.74) is 5.51. The second-order valence-corrected chi connectivity index (χ2v) is 4.79. The number of carbonyl (C=O) groups excluding carboxylic acids is 1. The van der Waals surface area contributed by atoms with Crippen molar-refractivity contribution in [3.8, 4) is 0 Å². The number of anilines is 1. The van der Waals surface area contributed by atoms with E-state index in [2.05, 4.69) is 32.2 Å². The van der Waals surface area contributed by atoms with Crippen molar-refractivity contribution >= 4 is 11.7 Å². The molecule has 1 aromatic rings. The number of nitrogens with zero attached hydrogens (tertiary/aromatic N) is 3. The molecule has 1 aliphatic heterocycles. The molecule has 0 radical (unpaired) electrons. The Morgan fingerprint density at radius 3 is 2.83 bits per heavy atom. The Labute approximate surface area is 106 Å². The number of nitrogens with one attached hydrogen (secondary N) is 1. The monoisotopic (exact) mass is 253 g/mol. The largest absolute Gasteiger partial charge is 0.379 e. The maximum absolute atomic E-state index is 11.7. The van der Waals surface area contributed by atoms with E-state index in [1.54, 1.807) is 0 Å². The van der Waals surface area contributed by atoms with E-state index in [0.29, 0.717) is 12.5 Å². The Bertz CT molecular complexity index is 398. The molecule has 1 amide bonds. The number of aromatic nitrogens is 2. The van der Waals surface area contributed by atoms with Crippen molar-refractivity contribution in [2.45, 2.75) is 19.3 Å². The molecule has 1 saturated heterocycles. The van der Waals surface area contributed by atoms with Gasteiger partial charge in [-0.1, -0.05) is 0 Å². The van der Waals surface area contributed by atoms with Crippen LogP contribution >= 0.6 is 0 Å². The fraction of sp³-hybridized carbons (Fsp3) is 0.727. The van der Waals surface area contributed by atoms with E-state index in [9.17, 15) is 4.79 Å². The van der Waals surface area contributed by atoms with Gasteiger partial charge in [-0.3, -0.25) is 4.79 Å². The first-order valence-corrected chi connectivity index (χ1v) is 6.21. The number of hydrogen-bond acceptors (Lipinski definition) is 6.